The molecule has 0 aliphatic carbocycles. The molecule has 0 rings (SSSR count). The Labute approximate surface area is 332 Å². The van der Waals surface area contributed by atoms with Crippen molar-refractivity contribution in [2.75, 3.05) is 81.8 Å². The van der Waals surface area contributed by atoms with Gasteiger partial charge in [0.15, 0.2) is 0 Å². The fraction of sp³-hybridized carbons (Fsp3) is 1.00. The van der Waals surface area contributed by atoms with Gasteiger partial charge in [0.25, 0.3) is 0 Å². The van der Waals surface area contributed by atoms with Gasteiger partial charge in [-0.3, -0.25) is 0 Å². The second kappa shape index (κ2) is 35.7. The van der Waals surface area contributed by atoms with E-state index in [9.17, 15) is 0 Å². The van der Waals surface area contributed by atoms with Crippen molar-refractivity contribution in [2.24, 2.45) is 5.41 Å². The third kappa shape index (κ3) is 39.9. The lowest BCUT2D eigenvalue weighted by Gasteiger charge is -2.38. The Balaban J connectivity index is -0.00000968. The summed E-state index contributed by atoms with van der Waals surface area (Å²) in [5.41, 5.74) is 0.116. The lowest BCUT2D eigenvalue weighted by Crippen LogP contribution is -3.00. The van der Waals surface area contributed by atoms with Gasteiger partial charge in [0.2, 0.25) is 0 Å². The molecule has 6 heteroatoms. The SMILES string of the molecule is CCCCCCCCCCCCCCOCC(CC[N+](C)(C)C)(CC[N+](C)(C)C)COCCCCCCCCCCCCCC.[I-].[I-]. The fourth-order valence-corrected chi connectivity index (χ4v) is 6.27. The average Bonchev–Trinajstić information content (AvgIpc) is 2.98. The molecule has 47 heavy (non-hydrogen) atoms. The van der Waals surface area contributed by atoms with E-state index in [0.29, 0.717) is 0 Å². The summed E-state index contributed by atoms with van der Waals surface area (Å²) in [7, 11) is 13.9. The highest BCUT2D eigenvalue weighted by Gasteiger charge is 2.35. The summed E-state index contributed by atoms with van der Waals surface area (Å²) in [6.07, 6.45) is 35.7. The van der Waals surface area contributed by atoms with Gasteiger partial charge in [0.1, 0.15) is 0 Å². The molecular formula is C41H88I2N2O2. The Morgan fingerprint density at radius 2 is 0.596 bits per heavy atom. The number of quaternary nitrogens is 2. The number of unbranched alkanes of at least 4 members (excludes halogenated alkanes) is 22. The monoisotopic (exact) mass is 894 g/mol. The molecule has 0 spiro atoms. The number of nitrogens with zero attached hydrogens (tertiary/aromatic N) is 2. The van der Waals surface area contributed by atoms with Crippen molar-refractivity contribution in [3.8, 4) is 0 Å². The van der Waals surface area contributed by atoms with Crippen LogP contribution in [0.15, 0.2) is 0 Å². The molecule has 0 saturated heterocycles. The molecule has 0 atom stereocenters. The van der Waals surface area contributed by atoms with Gasteiger partial charge >= 0.3 is 0 Å². The molecule has 0 amide bonds. The van der Waals surface area contributed by atoms with Crippen molar-refractivity contribution in [1.82, 2.24) is 0 Å². The minimum absolute atomic E-state index is 0. The lowest BCUT2D eigenvalue weighted by atomic mass is 9.81. The van der Waals surface area contributed by atoms with Crippen molar-refractivity contribution >= 4 is 0 Å². The highest BCUT2D eigenvalue weighted by Crippen LogP contribution is 2.30. The molecule has 4 nitrogen and oxygen atoms in total. The highest BCUT2D eigenvalue weighted by atomic mass is 127. The first kappa shape index (κ1) is 52.7. The molecule has 0 aromatic heterocycles. The molecular weight excluding hydrogens is 806 g/mol. The molecule has 0 saturated carbocycles. The van der Waals surface area contributed by atoms with Crippen molar-refractivity contribution < 1.29 is 66.4 Å². The first-order valence-electron chi connectivity index (χ1n) is 20.3. The van der Waals surface area contributed by atoms with Crippen LogP contribution in [0.3, 0.4) is 0 Å². The van der Waals surface area contributed by atoms with Gasteiger partial charge in [0.05, 0.1) is 68.6 Å². The molecule has 0 aromatic rings. The number of ether oxygens (including phenoxy) is 2. The zero-order valence-corrected chi connectivity index (χ0v) is 37.9. The maximum atomic E-state index is 6.50. The van der Waals surface area contributed by atoms with E-state index in [1.807, 2.05) is 0 Å². The highest BCUT2D eigenvalue weighted by molar-refractivity contribution is 4.80. The Morgan fingerprint density at radius 1 is 0.362 bits per heavy atom. The summed E-state index contributed by atoms with van der Waals surface area (Å²) in [5, 5.41) is 0. The topological polar surface area (TPSA) is 18.5 Å². The van der Waals surface area contributed by atoms with E-state index in [4.69, 9.17) is 9.47 Å². The normalized spacial score (nSPS) is 12.3. The molecule has 0 fully saturated rings. The van der Waals surface area contributed by atoms with Crippen LogP contribution in [0, 0.1) is 5.41 Å². The van der Waals surface area contributed by atoms with Crippen LogP contribution in [0.25, 0.3) is 0 Å². The van der Waals surface area contributed by atoms with Crippen LogP contribution in [0.5, 0.6) is 0 Å². The molecule has 0 unspecified atom stereocenters. The summed E-state index contributed by atoms with van der Waals surface area (Å²) in [5.74, 6) is 0. The third-order valence-electron chi connectivity index (χ3n) is 9.73. The predicted octanol–water partition coefficient (Wildman–Crippen LogP) is 5.61. The number of hydrogen-bond donors (Lipinski definition) is 0. The maximum absolute atomic E-state index is 6.50. The third-order valence-corrected chi connectivity index (χ3v) is 9.73. The fourth-order valence-electron chi connectivity index (χ4n) is 6.27. The van der Waals surface area contributed by atoms with E-state index in [1.165, 1.54) is 180 Å². The van der Waals surface area contributed by atoms with Gasteiger partial charge in [-0.1, -0.05) is 155 Å². The molecule has 288 valence electrons. The van der Waals surface area contributed by atoms with Crippen LogP contribution in [0.4, 0.5) is 0 Å². The smallest absolute Gasteiger partial charge is 0.0787 e. The lowest BCUT2D eigenvalue weighted by molar-refractivity contribution is -0.874. The van der Waals surface area contributed by atoms with E-state index >= 15 is 0 Å². The van der Waals surface area contributed by atoms with Crippen LogP contribution in [-0.2, 0) is 9.47 Å². The first-order chi connectivity index (χ1) is 21.5. The first-order valence-corrected chi connectivity index (χ1v) is 20.3. The summed E-state index contributed by atoms with van der Waals surface area (Å²) in [4.78, 5) is 0. The molecule has 0 heterocycles. The summed E-state index contributed by atoms with van der Waals surface area (Å²) >= 11 is 0. The Hall–Kier alpha value is 1.30. The minimum Gasteiger partial charge on any atom is -1.00 e. The van der Waals surface area contributed by atoms with Gasteiger partial charge < -0.3 is 66.4 Å². The van der Waals surface area contributed by atoms with Crippen molar-refractivity contribution in [3.05, 3.63) is 0 Å². The second-order valence-corrected chi connectivity index (χ2v) is 16.9. The van der Waals surface area contributed by atoms with E-state index in [0.717, 1.165) is 35.4 Å². The van der Waals surface area contributed by atoms with E-state index in [-0.39, 0.29) is 53.4 Å². The molecule has 0 radical (unpaired) electrons. The zero-order valence-electron chi connectivity index (χ0n) is 33.6. The van der Waals surface area contributed by atoms with E-state index < -0.39 is 0 Å². The van der Waals surface area contributed by atoms with Crippen LogP contribution >= 0.6 is 0 Å². The summed E-state index contributed by atoms with van der Waals surface area (Å²) < 4.78 is 15.0. The van der Waals surface area contributed by atoms with Gasteiger partial charge in [0, 0.05) is 31.5 Å². The summed E-state index contributed by atoms with van der Waals surface area (Å²) in [6, 6.07) is 0. The van der Waals surface area contributed by atoms with Crippen LogP contribution < -0.4 is 48.0 Å². The predicted molar refractivity (Wildman–Crippen MR) is 201 cm³/mol. The number of rotatable bonds is 36. The van der Waals surface area contributed by atoms with Crippen LogP contribution in [-0.4, -0.2) is 90.8 Å². The van der Waals surface area contributed by atoms with Gasteiger partial charge in [-0.15, -0.1) is 0 Å². The van der Waals surface area contributed by atoms with Gasteiger partial charge in [-0.25, -0.2) is 0 Å². The largest absolute Gasteiger partial charge is 1.00 e. The molecule has 0 N–H and O–H groups in total. The summed E-state index contributed by atoms with van der Waals surface area (Å²) in [6.45, 7) is 10.5. The Bertz CT molecular complexity index is 555. The van der Waals surface area contributed by atoms with E-state index in [1.54, 1.807) is 0 Å². The zero-order chi connectivity index (χ0) is 33.5. The molecule has 0 aliphatic rings. The standard InChI is InChI=1S/C41H88N2O2.2HI/c1-9-11-13-15-17-19-21-23-25-27-29-31-37-44-39-41(33-35-42(3,4)5,34-36-43(6,7)8)40-45-38-32-30-28-26-24-22-20-18-16-14-12-10-2;;/h9-40H2,1-8H3;2*1H/q+2;;/p-2. The number of hydrogen-bond acceptors (Lipinski definition) is 2. The van der Waals surface area contributed by atoms with Gasteiger partial charge in [-0.2, -0.15) is 0 Å². The second-order valence-electron chi connectivity index (χ2n) is 16.9. The molecule has 0 aromatic carbocycles. The minimum atomic E-state index is 0. The van der Waals surface area contributed by atoms with E-state index in [2.05, 4.69) is 56.1 Å². The van der Waals surface area contributed by atoms with Crippen molar-refractivity contribution in [2.45, 2.75) is 181 Å². The Kier molecular flexibility index (Phi) is 40.0. The van der Waals surface area contributed by atoms with Crippen molar-refractivity contribution in [1.29, 1.82) is 0 Å². The van der Waals surface area contributed by atoms with Gasteiger partial charge in [-0.05, 0) is 12.8 Å². The Morgan fingerprint density at radius 3 is 0.830 bits per heavy atom. The van der Waals surface area contributed by atoms with Crippen LogP contribution in [0.2, 0.25) is 0 Å². The van der Waals surface area contributed by atoms with Crippen molar-refractivity contribution in [3.63, 3.8) is 0 Å². The average molecular weight is 895 g/mol. The quantitative estimate of drug-likeness (QED) is 0.0464. The van der Waals surface area contributed by atoms with Crippen LogP contribution in [0.1, 0.15) is 181 Å². The molecule has 0 bridgehead atoms. The molecule has 0 aliphatic heterocycles. The number of halogens is 2. The maximum Gasteiger partial charge on any atom is 0.0787 e.